The standard InChI is InChI=1S/C17H20N2O4/c20-14-9-5-4-6-12(14)11-19-16(17(21)22)15(10-18-19)23-13-7-2-1-3-8-13/h4-6,9-10,13,20H,1-3,7-8,11H2,(H,21,22). The van der Waals surface area contributed by atoms with Gasteiger partial charge in [-0.2, -0.15) is 5.10 Å². The first-order chi connectivity index (χ1) is 11.1. The highest BCUT2D eigenvalue weighted by Gasteiger charge is 2.23. The van der Waals surface area contributed by atoms with Crippen molar-refractivity contribution in [3.8, 4) is 11.5 Å². The van der Waals surface area contributed by atoms with Crippen LogP contribution in [0.25, 0.3) is 0 Å². The van der Waals surface area contributed by atoms with Crippen LogP contribution in [-0.4, -0.2) is 32.1 Å². The van der Waals surface area contributed by atoms with Gasteiger partial charge in [0.25, 0.3) is 0 Å². The van der Waals surface area contributed by atoms with Gasteiger partial charge in [-0.25, -0.2) is 4.79 Å². The van der Waals surface area contributed by atoms with Crippen molar-refractivity contribution in [2.24, 2.45) is 0 Å². The lowest BCUT2D eigenvalue weighted by molar-refractivity contribution is 0.0672. The van der Waals surface area contributed by atoms with Crippen LogP contribution < -0.4 is 4.74 Å². The molecule has 0 aliphatic heterocycles. The van der Waals surface area contributed by atoms with E-state index in [-0.39, 0.29) is 24.1 Å². The molecule has 1 aromatic carbocycles. The summed E-state index contributed by atoms with van der Waals surface area (Å²) in [6.45, 7) is 0.183. The number of aromatic carboxylic acids is 1. The number of aromatic nitrogens is 2. The van der Waals surface area contributed by atoms with Gasteiger partial charge in [0.15, 0.2) is 11.4 Å². The molecule has 1 aliphatic rings. The number of phenols is 1. The normalized spacial score (nSPS) is 15.5. The van der Waals surface area contributed by atoms with Crippen LogP contribution in [0.15, 0.2) is 30.5 Å². The molecule has 2 N–H and O–H groups in total. The lowest BCUT2D eigenvalue weighted by Crippen LogP contribution is -2.21. The second-order valence-electron chi connectivity index (χ2n) is 5.83. The lowest BCUT2D eigenvalue weighted by Gasteiger charge is -2.22. The summed E-state index contributed by atoms with van der Waals surface area (Å²) in [4.78, 5) is 11.6. The van der Waals surface area contributed by atoms with Crippen LogP contribution in [0.5, 0.6) is 11.5 Å². The van der Waals surface area contributed by atoms with E-state index in [9.17, 15) is 15.0 Å². The first-order valence-corrected chi connectivity index (χ1v) is 7.88. The summed E-state index contributed by atoms with van der Waals surface area (Å²) in [7, 11) is 0. The average Bonchev–Trinajstić information content (AvgIpc) is 2.93. The van der Waals surface area contributed by atoms with Gasteiger partial charge in [0.05, 0.1) is 18.8 Å². The zero-order chi connectivity index (χ0) is 16.2. The highest BCUT2D eigenvalue weighted by atomic mass is 16.5. The summed E-state index contributed by atoms with van der Waals surface area (Å²) in [5, 5.41) is 23.5. The molecule has 1 aromatic heterocycles. The van der Waals surface area contributed by atoms with Crippen molar-refractivity contribution in [2.75, 3.05) is 0 Å². The molecule has 0 spiro atoms. The molecule has 1 aliphatic carbocycles. The van der Waals surface area contributed by atoms with Gasteiger partial charge < -0.3 is 14.9 Å². The monoisotopic (exact) mass is 316 g/mol. The number of aromatic hydroxyl groups is 1. The van der Waals surface area contributed by atoms with E-state index in [1.165, 1.54) is 17.3 Å². The van der Waals surface area contributed by atoms with E-state index in [2.05, 4.69) is 5.10 Å². The molecule has 1 fully saturated rings. The fourth-order valence-electron chi connectivity index (χ4n) is 2.96. The second-order valence-corrected chi connectivity index (χ2v) is 5.83. The fourth-order valence-corrected chi connectivity index (χ4v) is 2.96. The summed E-state index contributed by atoms with van der Waals surface area (Å²) in [5.41, 5.74) is 0.640. The predicted molar refractivity (Wildman–Crippen MR) is 83.9 cm³/mol. The van der Waals surface area contributed by atoms with Crippen LogP contribution in [-0.2, 0) is 6.54 Å². The highest BCUT2D eigenvalue weighted by molar-refractivity contribution is 5.88. The van der Waals surface area contributed by atoms with Gasteiger partial charge >= 0.3 is 5.97 Å². The number of rotatable bonds is 5. The van der Waals surface area contributed by atoms with Gasteiger partial charge in [-0.1, -0.05) is 24.6 Å². The number of carboxylic acids is 1. The molecule has 0 radical (unpaired) electrons. The molecule has 0 amide bonds. The molecule has 6 heteroatoms. The Hall–Kier alpha value is -2.50. The van der Waals surface area contributed by atoms with Crippen molar-refractivity contribution in [3.63, 3.8) is 0 Å². The SMILES string of the molecule is O=C(O)c1c(OC2CCCCC2)cnn1Cc1ccccc1O. The van der Waals surface area contributed by atoms with E-state index >= 15 is 0 Å². The topological polar surface area (TPSA) is 84.6 Å². The third kappa shape index (κ3) is 3.47. The summed E-state index contributed by atoms with van der Waals surface area (Å²) in [6, 6.07) is 6.82. The lowest BCUT2D eigenvalue weighted by atomic mass is 9.98. The quantitative estimate of drug-likeness (QED) is 0.885. The number of hydrogen-bond acceptors (Lipinski definition) is 4. The van der Waals surface area contributed by atoms with Gasteiger partial charge in [0.1, 0.15) is 5.75 Å². The second kappa shape index (κ2) is 6.73. The smallest absolute Gasteiger partial charge is 0.358 e. The molecule has 2 aromatic rings. The maximum atomic E-state index is 11.6. The average molecular weight is 316 g/mol. The number of nitrogens with zero attached hydrogens (tertiary/aromatic N) is 2. The van der Waals surface area contributed by atoms with Gasteiger partial charge in [0, 0.05) is 5.56 Å². The Morgan fingerprint density at radius 2 is 2.00 bits per heavy atom. The zero-order valence-electron chi connectivity index (χ0n) is 12.8. The van der Waals surface area contributed by atoms with Gasteiger partial charge in [-0.05, 0) is 31.7 Å². The number of carbonyl (C=O) groups is 1. The van der Waals surface area contributed by atoms with Gasteiger partial charge in [0.2, 0.25) is 0 Å². The predicted octanol–water partition coefficient (Wildman–Crippen LogP) is 3.05. The molecule has 0 saturated heterocycles. The number of phenolic OH excluding ortho intramolecular Hbond substituents is 1. The van der Waals surface area contributed by atoms with Crippen molar-refractivity contribution < 1.29 is 19.7 Å². The minimum Gasteiger partial charge on any atom is -0.508 e. The minimum atomic E-state index is -1.08. The van der Waals surface area contributed by atoms with Crippen molar-refractivity contribution >= 4 is 5.97 Å². The number of carboxylic acid groups (broad SMARTS) is 1. The Bertz CT molecular complexity index is 690. The molecule has 0 bridgehead atoms. The number of benzene rings is 1. The number of hydrogen-bond donors (Lipinski definition) is 2. The minimum absolute atomic E-state index is 0.0267. The fraction of sp³-hybridized carbons (Fsp3) is 0.412. The number of para-hydroxylation sites is 1. The van der Waals surface area contributed by atoms with E-state index in [0.29, 0.717) is 11.3 Å². The molecule has 0 unspecified atom stereocenters. The van der Waals surface area contributed by atoms with E-state index in [1.807, 2.05) is 0 Å². The van der Waals surface area contributed by atoms with Crippen molar-refractivity contribution in [3.05, 3.63) is 41.7 Å². The Morgan fingerprint density at radius 3 is 2.70 bits per heavy atom. The van der Waals surface area contributed by atoms with Crippen LogP contribution in [0.2, 0.25) is 0 Å². The van der Waals surface area contributed by atoms with E-state index < -0.39 is 5.97 Å². The summed E-state index contributed by atoms with van der Waals surface area (Å²) >= 11 is 0. The maximum Gasteiger partial charge on any atom is 0.358 e. The Balaban J connectivity index is 1.83. The van der Waals surface area contributed by atoms with Crippen molar-refractivity contribution in [2.45, 2.75) is 44.8 Å². The van der Waals surface area contributed by atoms with E-state index in [4.69, 9.17) is 4.74 Å². The van der Waals surface area contributed by atoms with Gasteiger partial charge in [-0.3, -0.25) is 4.68 Å². The summed E-state index contributed by atoms with van der Waals surface area (Å²) < 4.78 is 7.23. The van der Waals surface area contributed by atoms with Crippen LogP contribution in [0.4, 0.5) is 0 Å². The molecule has 1 saturated carbocycles. The van der Waals surface area contributed by atoms with Crippen molar-refractivity contribution in [1.29, 1.82) is 0 Å². The third-order valence-corrected chi connectivity index (χ3v) is 4.17. The molecule has 23 heavy (non-hydrogen) atoms. The van der Waals surface area contributed by atoms with Crippen LogP contribution in [0, 0.1) is 0 Å². The molecule has 0 atom stereocenters. The number of ether oxygens (including phenoxy) is 1. The largest absolute Gasteiger partial charge is 0.508 e. The first-order valence-electron chi connectivity index (χ1n) is 7.88. The maximum absolute atomic E-state index is 11.6. The van der Waals surface area contributed by atoms with Gasteiger partial charge in [-0.15, -0.1) is 0 Å². The van der Waals surface area contributed by atoms with Crippen LogP contribution in [0.3, 0.4) is 0 Å². The Labute approximate surface area is 134 Å². The molecule has 6 nitrogen and oxygen atoms in total. The molecular weight excluding hydrogens is 296 g/mol. The Kier molecular flexibility index (Phi) is 4.50. The van der Waals surface area contributed by atoms with Crippen LogP contribution in [0.1, 0.15) is 48.2 Å². The highest BCUT2D eigenvalue weighted by Crippen LogP contribution is 2.27. The van der Waals surface area contributed by atoms with Crippen molar-refractivity contribution in [1.82, 2.24) is 9.78 Å². The molecule has 3 rings (SSSR count). The first kappa shape index (κ1) is 15.4. The van der Waals surface area contributed by atoms with E-state index in [0.717, 1.165) is 25.7 Å². The van der Waals surface area contributed by atoms with E-state index in [1.54, 1.807) is 24.3 Å². The molecular formula is C17H20N2O4. The third-order valence-electron chi connectivity index (χ3n) is 4.17. The summed E-state index contributed by atoms with van der Waals surface area (Å²) in [6.07, 6.45) is 6.84. The zero-order valence-corrected chi connectivity index (χ0v) is 12.8. The summed E-state index contributed by atoms with van der Waals surface area (Å²) in [5.74, 6) is -0.655. The Morgan fingerprint density at radius 1 is 1.26 bits per heavy atom. The molecule has 122 valence electrons. The van der Waals surface area contributed by atoms with Crippen LogP contribution >= 0.6 is 0 Å². The molecule has 1 heterocycles.